The van der Waals surface area contributed by atoms with Crippen LogP contribution in [0.25, 0.3) is 10.2 Å². The zero-order valence-electron chi connectivity index (χ0n) is 10.8. The van der Waals surface area contributed by atoms with Crippen molar-refractivity contribution in [1.82, 2.24) is 9.55 Å². The molecule has 3 rings (SSSR count). The fourth-order valence-electron chi connectivity index (χ4n) is 2.99. The van der Waals surface area contributed by atoms with Crippen LogP contribution in [0.4, 0.5) is 0 Å². The number of nitrogens with zero attached hydrogens (tertiary/aromatic N) is 2. The van der Waals surface area contributed by atoms with Gasteiger partial charge in [0.1, 0.15) is 4.70 Å². The highest BCUT2D eigenvalue weighted by Crippen LogP contribution is 2.39. The minimum Gasteiger partial charge on any atom is -0.297 e. The van der Waals surface area contributed by atoms with Crippen LogP contribution in [0, 0.1) is 5.41 Å². The lowest BCUT2D eigenvalue weighted by atomic mass is 9.75. The minimum absolute atomic E-state index is 0.117. The van der Waals surface area contributed by atoms with Crippen LogP contribution in [0.15, 0.2) is 22.6 Å². The third-order valence-corrected chi connectivity index (χ3v) is 6.22. The predicted octanol–water partition coefficient (Wildman–Crippen LogP) is 3.80. The van der Waals surface area contributed by atoms with Crippen molar-refractivity contribution >= 4 is 37.5 Å². The van der Waals surface area contributed by atoms with Gasteiger partial charge >= 0.3 is 0 Å². The van der Waals surface area contributed by atoms with Gasteiger partial charge in [0.2, 0.25) is 0 Å². The van der Waals surface area contributed by atoms with Crippen LogP contribution in [0.5, 0.6) is 0 Å². The normalized spacial score (nSPS) is 18.8. The molecule has 1 aliphatic rings. The molecule has 1 saturated carbocycles. The van der Waals surface area contributed by atoms with Crippen LogP contribution < -0.4 is 5.56 Å². The maximum atomic E-state index is 12.4. The van der Waals surface area contributed by atoms with Gasteiger partial charge in [0.05, 0.1) is 11.8 Å². The third-order valence-electron chi connectivity index (χ3n) is 4.14. The van der Waals surface area contributed by atoms with E-state index in [2.05, 4.69) is 20.9 Å². The molecule has 0 N–H and O–H groups in total. The lowest BCUT2D eigenvalue weighted by molar-refractivity contribution is 0.189. The molecule has 0 radical (unpaired) electrons. The SMILES string of the molecule is O=c1c2sccc2ncn1CC1(CBr)CCCCC1. The number of rotatable bonds is 3. The Morgan fingerprint density at radius 1 is 1.37 bits per heavy atom. The van der Waals surface area contributed by atoms with Crippen molar-refractivity contribution < 1.29 is 0 Å². The molecule has 3 nitrogen and oxygen atoms in total. The van der Waals surface area contributed by atoms with E-state index in [9.17, 15) is 4.79 Å². The second-order valence-electron chi connectivity index (χ2n) is 5.51. The summed E-state index contributed by atoms with van der Waals surface area (Å²) < 4.78 is 2.59. The number of alkyl halides is 1. The summed E-state index contributed by atoms with van der Waals surface area (Å²) in [7, 11) is 0. The van der Waals surface area contributed by atoms with Gasteiger partial charge < -0.3 is 0 Å². The number of thiophene rings is 1. The predicted molar refractivity (Wildman–Crippen MR) is 83.2 cm³/mol. The summed E-state index contributed by atoms with van der Waals surface area (Å²) in [5.41, 5.74) is 1.17. The van der Waals surface area contributed by atoms with E-state index in [1.165, 1.54) is 43.4 Å². The summed E-state index contributed by atoms with van der Waals surface area (Å²) in [6, 6.07) is 1.91. The molecule has 2 aromatic rings. The summed E-state index contributed by atoms with van der Waals surface area (Å²) in [5, 5.41) is 2.90. The van der Waals surface area contributed by atoms with Crippen LogP contribution >= 0.6 is 27.3 Å². The molecule has 0 saturated heterocycles. The molecule has 0 bridgehead atoms. The van der Waals surface area contributed by atoms with Gasteiger partial charge in [-0.1, -0.05) is 35.2 Å². The van der Waals surface area contributed by atoms with Crippen LogP contribution in [0.3, 0.4) is 0 Å². The monoisotopic (exact) mass is 340 g/mol. The van der Waals surface area contributed by atoms with Crippen LogP contribution in [-0.2, 0) is 6.54 Å². The summed E-state index contributed by atoms with van der Waals surface area (Å²) in [5.74, 6) is 0. The summed E-state index contributed by atoms with van der Waals surface area (Å²) >= 11 is 5.15. The Balaban J connectivity index is 1.95. The highest BCUT2D eigenvalue weighted by Gasteiger charge is 2.31. The lowest BCUT2D eigenvalue weighted by Crippen LogP contribution is -2.35. The van der Waals surface area contributed by atoms with Gasteiger partial charge in [0.25, 0.3) is 5.56 Å². The van der Waals surface area contributed by atoms with Crippen molar-refractivity contribution in [3.63, 3.8) is 0 Å². The topological polar surface area (TPSA) is 34.9 Å². The van der Waals surface area contributed by atoms with Gasteiger partial charge in [-0.05, 0) is 29.7 Å². The average Bonchev–Trinajstić information content (AvgIpc) is 2.92. The lowest BCUT2D eigenvalue weighted by Gasteiger charge is -2.36. The first-order chi connectivity index (χ1) is 9.24. The Hall–Kier alpha value is -0.680. The molecular weight excluding hydrogens is 324 g/mol. The van der Waals surface area contributed by atoms with E-state index in [1.807, 2.05) is 16.0 Å². The molecule has 0 aromatic carbocycles. The molecule has 0 unspecified atom stereocenters. The minimum atomic E-state index is 0.117. The van der Waals surface area contributed by atoms with Gasteiger partial charge in [-0.2, -0.15) is 0 Å². The van der Waals surface area contributed by atoms with E-state index in [4.69, 9.17) is 0 Å². The van der Waals surface area contributed by atoms with Crippen molar-refractivity contribution in [2.45, 2.75) is 38.6 Å². The molecule has 0 amide bonds. The Bertz CT molecular complexity index is 628. The highest BCUT2D eigenvalue weighted by molar-refractivity contribution is 9.09. The standard InChI is InChI=1S/C14H17BrN2OS/c15-8-14(5-2-1-3-6-14)9-17-10-16-11-4-7-19-12(11)13(17)18/h4,7,10H,1-3,5-6,8-9H2. The van der Waals surface area contributed by atoms with Crippen LogP contribution in [0.1, 0.15) is 32.1 Å². The van der Waals surface area contributed by atoms with Crippen molar-refractivity contribution in [2.24, 2.45) is 5.41 Å². The van der Waals surface area contributed by atoms with E-state index in [-0.39, 0.29) is 11.0 Å². The van der Waals surface area contributed by atoms with Crippen molar-refractivity contribution in [3.05, 3.63) is 28.1 Å². The number of hydrogen-bond acceptors (Lipinski definition) is 3. The van der Waals surface area contributed by atoms with Gasteiger partial charge in [-0.25, -0.2) is 4.98 Å². The van der Waals surface area contributed by atoms with E-state index in [0.29, 0.717) is 0 Å². The van der Waals surface area contributed by atoms with E-state index >= 15 is 0 Å². The molecular formula is C14H17BrN2OS. The molecule has 1 fully saturated rings. The van der Waals surface area contributed by atoms with Gasteiger partial charge in [-0.15, -0.1) is 11.3 Å². The fourth-order valence-corrected chi connectivity index (χ4v) is 4.52. The first-order valence-electron chi connectivity index (χ1n) is 6.73. The Morgan fingerprint density at radius 3 is 2.89 bits per heavy atom. The maximum absolute atomic E-state index is 12.4. The first-order valence-corrected chi connectivity index (χ1v) is 8.73. The first kappa shape index (κ1) is 13.3. The Labute approximate surface area is 124 Å². The number of hydrogen-bond donors (Lipinski definition) is 0. The quantitative estimate of drug-likeness (QED) is 0.796. The summed E-state index contributed by atoms with van der Waals surface area (Å²) in [4.78, 5) is 16.8. The molecule has 0 aliphatic heterocycles. The second kappa shape index (κ2) is 5.37. The van der Waals surface area contributed by atoms with Crippen molar-refractivity contribution in [3.8, 4) is 0 Å². The zero-order chi connectivity index (χ0) is 13.3. The number of halogens is 1. The smallest absolute Gasteiger partial charge is 0.271 e. The molecule has 0 atom stereocenters. The highest BCUT2D eigenvalue weighted by atomic mass is 79.9. The van der Waals surface area contributed by atoms with Gasteiger partial charge in [0, 0.05) is 11.9 Å². The molecule has 5 heteroatoms. The third kappa shape index (κ3) is 2.50. The molecule has 2 aromatic heterocycles. The van der Waals surface area contributed by atoms with Crippen molar-refractivity contribution in [1.29, 1.82) is 0 Å². The van der Waals surface area contributed by atoms with Gasteiger partial charge in [-0.3, -0.25) is 9.36 Å². The van der Waals surface area contributed by atoms with Crippen LogP contribution in [-0.4, -0.2) is 14.9 Å². The summed E-state index contributed by atoms with van der Waals surface area (Å²) in [6.07, 6.45) is 7.99. The number of fused-ring (bicyclic) bond motifs is 1. The molecule has 19 heavy (non-hydrogen) atoms. The van der Waals surface area contributed by atoms with E-state index in [0.717, 1.165) is 22.1 Å². The Kier molecular flexibility index (Phi) is 3.76. The van der Waals surface area contributed by atoms with E-state index < -0.39 is 0 Å². The molecule has 102 valence electrons. The maximum Gasteiger partial charge on any atom is 0.271 e. The summed E-state index contributed by atoms with van der Waals surface area (Å²) in [6.45, 7) is 0.790. The zero-order valence-corrected chi connectivity index (χ0v) is 13.2. The average molecular weight is 341 g/mol. The van der Waals surface area contributed by atoms with Crippen molar-refractivity contribution in [2.75, 3.05) is 5.33 Å². The molecule has 2 heterocycles. The largest absolute Gasteiger partial charge is 0.297 e. The fraction of sp³-hybridized carbons (Fsp3) is 0.571. The van der Waals surface area contributed by atoms with Gasteiger partial charge in [0.15, 0.2) is 0 Å². The van der Waals surface area contributed by atoms with Crippen LogP contribution in [0.2, 0.25) is 0 Å². The Morgan fingerprint density at radius 2 is 2.16 bits per heavy atom. The van der Waals surface area contributed by atoms with E-state index in [1.54, 1.807) is 6.33 Å². The number of aromatic nitrogens is 2. The molecule has 0 spiro atoms. The molecule has 1 aliphatic carbocycles. The second-order valence-corrected chi connectivity index (χ2v) is 6.98.